The highest BCUT2D eigenvalue weighted by molar-refractivity contribution is 5.91. The fourth-order valence-corrected chi connectivity index (χ4v) is 1.92. The molecule has 0 radical (unpaired) electrons. The second kappa shape index (κ2) is 9.16. The molecular formula is C17H27NO3. The van der Waals surface area contributed by atoms with E-state index in [1.807, 2.05) is 39.8 Å². The van der Waals surface area contributed by atoms with Crippen LogP contribution in [0.3, 0.4) is 0 Å². The van der Waals surface area contributed by atoms with E-state index in [1.54, 1.807) is 4.90 Å². The average Bonchev–Trinajstić information content (AvgIpc) is 2.42. The number of amides is 1. The first-order chi connectivity index (χ1) is 9.82. The van der Waals surface area contributed by atoms with E-state index in [0.717, 1.165) is 16.8 Å². The van der Waals surface area contributed by atoms with Gasteiger partial charge in [0.25, 0.3) is 0 Å². The third kappa shape index (κ3) is 5.98. The van der Waals surface area contributed by atoms with Crippen molar-refractivity contribution in [3.63, 3.8) is 0 Å². The highest BCUT2D eigenvalue weighted by atomic mass is 16.5. The molecule has 0 atom stereocenters. The first-order valence-corrected chi connectivity index (χ1v) is 7.32. The minimum Gasteiger partial charge on any atom is -0.464 e. The highest BCUT2D eigenvalue weighted by Crippen LogP contribution is 2.22. The zero-order valence-electron chi connectivity index (χ0n) is 14.2. The molecule has 1 aromatic carbocycles. The van der Waals surface area contributed by atoms with E-state index in [1.165, 1.54) is 19.4 Å². The Labute approximate surface area is 128 Å². The van der Waals surface area contributed by atoms with Gasteiger partial charge in [-0.3, -0.25) is 9.59 Å². The van der Waals surface area contributed by atoms with E-state index in [2.05, 4.69) is 6.92 Å². The van der Waals surface area contributed by atoms with Crippen molar-refractivity contribution in [3.05, 3.63) is 28.8 Å². The van der Waals surface area contributed by atoms with Crippen LogP contribution in [0.4, 0.5) is 5.69 Å². The van der Waals surface area contributed by atoms with Gasteiger partial charge in [0.05, 0.1) is 6.54 Å². The van der Waals surface area contributed by atoms with Crippen LogP contribution in [0.1, 0.15) is 44.4 Å². The maximum absolute atomic E-state index is 11.7. The summed E-state index contributed by atoms with van der Waals surface area (Å²) in [5.41, 5.74) is 4.37. The number of aryl methyl sites for hydroxylation is 2. The number of hydrogen-bond acceptors (Lipinski definition) is 3. The summed E-state index contributed by atoms with van der Waals surface area (Å²) < 4.78 is 4.90. The van der Waals surface area contributed by atoms with Crippen molar-refractivity contribution in [2.24, 2.45) is 0 Å². The lowest BCUT2D eigenvalue weighted by Crippen LogP contribution is -2.32. The summed E-state index contributed by atoms with van der Waals surface area (Å²) in [5, 5.41) is 0. The van der Waals surface area contributed by atoms with Gasteiger partial charge in [0, 0.05) is 19.5 Å². The molecule has 0 spiro atoms. The fraction of sp³-hybridized carbons (Fsp3) is 0.529. The molecule has 1 amide bonds. The summed E-state index contributed by atoms with van der Waals surface area (Å²) in [6, 6.07) is 3.97. The predicted octanol–water partition coefficient (Wildman–Crippen LogP) is 3.55. The van der Waals surface area contributed by atoms with Crippen LogP contribution in [0.15, 0.2) is 12.1 Å². The molecule has 4 nitrogen and oxygen atoms in total. The quantitative estimate of drug-likeness (QED) is 0.797. The molecule has 0 heterocycles. The molecule has 0 aliphatic carbocycles. The van der Waals surface area contributed by atoms with Crippen molar-refractivity contribution in [3.8, 4) is 0 Å². The number of ether oxygens (including phenoxy) is 1. The molecule has 0 N–H and O–H groups in total. The lowest BCUT2D eigenvalue weighted by Gasteiger charge is -2.22. The van der Waals surface area contributed by atoms with E-state index in [-0.39, 0.29) is 18.5 Å². The zero-order chi connectivity index (χ0) is 16.6. The molecule has 0 fully saturated rings. The molecule has 0 aliphatic heterocycles. The molecule has 118 valence electrons. The number of benzene rings is 1. The van der Waals surface area contributed by atoms with Crippen LogP contribution in [0.2, 0.25) is 0 Å². The second-order valence-corrected chi connectivity index (χ2v) is 4.72. The Kier molecular flexibility index (Phi) is 8.36. The number of anilines is 1. The topological polar surface area (TPSA) is 46.6 Å². The second-order valence-electron chi connectivity index (χ2n) is 4.72. The Balaban J connectivity index is 0.00000191. The molecule has 0 saturated heterocycles. The molecule has 4 heteroatoms. The summed E-state index contributed by atoms with van der Waals surface area (Å²) >= 11 is 0. The largest absolute Gasteiger partial charge is 0.464 e. The van der Waals surface area contributed by atoms with Gasteiger partial charge < -0.3 is 9.64 Å². The van der Waals surface area contributed by atoms with Gasteiger partial charge >= 0.3 is 5.97 Å². The van der Waals surface area contributed by atoms with E-state index in [4.69, 9.17) is 4.74 Å². The number of hydrogen-bond donors (Lipinski definition) is 0. The van der Waals surface area contributed by atoms with Crippen molar-refractivity contribution < 1.29 is 14.3 Å². The Morgan fingerprint density at radius 2 is 1.52 bits per heavy atom. The number of nitrogens with zero attached hydrogens (tertiary/aromatic N) is 1. The van der Waals surface area contributed by atoms with Crippen molar-refractivity contribution >= 4 is 17.6 Å². The van der Waals surface area contributed by atoms with Crippen molar-refractivity contribution in [2.75, 3.05) is 18.1 Å². The Morgan fingerprint density at radius 1 is 1.05 bits per heavy atom. The first-order valence-electron chi connectivity index (χ1n) is 7.32. The lowest BCUT2D eigenvalue weighted by molar-refractivity contribution is -0.140. The summed E-state index contributed by atoms with van der Waals surface area (Å²) in [6.07, 6.45) is 0. The smallest absolute Gasteiger partial charge is 0.302 e. The monoisotopic (exact) mass is 293 g/mol. The van der Waals surface area contributed by atoms with Crippen molar-refractivity contribution in [1.82, 2.24) is 0 Å². The van der Waals surface area contributed by atoms with Gasteiger partial charge in [0.2, 0.25) is 5.91 Å². The van der Waals surface area contributed by atoms with Gasteiger partial charge in [0.15, 0.2) is 0 Å². The summed E-state index contributed by atoms with van der Waals surface area (Å²) in [7, 11) is 0. The molecular weight excluding hydrogens is 266 g/mol. The molecule has 0 aliphatic rings. The summed E-state index contributed by atoms with van der Waals surface area (Å²) in [5.74, 6) is -0.394. The summed E-state index contributed by atoms with van der Waals surface area (Å²) in [4.78, 5) is 24.1. The fourth-order valence-electron chi connectivity index (χ4n) is 1.92. The minimum atomic E-state index is -0.334. The van der Waals surface area contributed by atoms with Crippen LogP contribution in [-0.2, 0) is 14.3 Å². The van der Waals surface area contributed by atoms with Gasteiger partial charge in [-0.25, -0.2) is 0 Å². The number of carbonyl (C=O) groups excluding carboxylic acids is 2. The van der Waals surface area contributed by atoms with Crippen LogP contribution >= 0.6 is 0 Å². The molecule has 0 bridgehead atoms. The van der Waals surface area contributed by atoms with E-state index in [0.29, 0.717) is 6.54 Å². The highest BCUT2D eigenvalue weighted by Gasteiger charge is 2.13. The molecule has 0 unspecified atom stereocenters. The molecule has 1 aromatic rings. The summed E-state index contributed by atoms with van der Waals surface area (Å²) in [6.45, 7) is 13.6. The van der Waals surface area contributed by atoms with Crippen molar-refractivity contribution in [1.29, 1.82) is 0 Å². The molecule has 1 rings (SSSR count). The zero-order valence-corrected chi connectivity index (χ0v) is 14.2. The standard InChI is InChI=1S/C15H21NO3.C2H6/c1-10-8-15(9-11(2)12(10)3)16(13(4)17)6-7-19-14(5)18;1-2/h8-9H,6-7H2,1-5H3;1-2H3. The maximum Gasteiger partial charge on any atom is 0.302 e. The molecule has 0 saturated carbocycles. The average molecular weight is 293 g/mol. The van der Waals surface area contributed by atoms with Crippen LogP contribution in [-0.4, -0.2) is 25.0 Å². The first kappa shape index (κ1) is 19.2. The third-order valence-electron chi connectivity index (χ3n) is 3.22. The predicted molar refractivity (Wildman–Crippen MR) is 86.7 cm³/mol. The normalized spacial score (nSPS) is 9.48. The van der Waals surface area contributed by atoms with E-state index < -0.39 is 0 Å². The van der Waals surface area contributed by atoms with Crippen LogP contribution in [0, 0.1) is 20.8 Å². The lowest BCUT2D eigenvalue weighted by atomic mass is 10.0. The third-order valence-corrected chi connectivity index (χ3v) is 3.22. The van der Waals surface area contributed by atoms with Crippen LogP contribution in [0.25, 0.3) is 0 Å². The Hall–Kier alpha value is -1.84. The van der Waals surface area contributed by atoms with Crippen molar-refractivity contribution in [2.45, 2.75) is 48.5 Å². The van der Waals surface area contributed by atoms with E-state index >= 15 is 0 Å². The molecule has 0 aromatic heterocycles. The van der Waals surface area contributed by atoms with Gasteiger partial charge in [-0.15, -0.1) is 0 Å². The number of carbonyl (C=O) groups is 2. The van der Waals surface area contributed by atoms with Crippen LogP contribution in [0.5, 0.6) is 0 Å². The number of esters is 1. The van der Waals surface area contributed by atoms with Gasteiger partial charge in [-0.05, 0) is 49.6 Å². The van der Waals surface area contributed by atoms with E-state index in [9.17, 15) is 9.59 Å². The Morgan fingerprint density at radius 3 is 1.90 bits per heavy atom. The minimum absolute atomic E-state index is 0.0604. The van der Waals surface area contributed by atoms with Gasteiger partial charge in [-0.2, -0.15) is 0 Å². The Bertz CT molecular complexity index is 472. The number of rotatable bonds is 4. The maximum atomic E-state index is 11.7. The van der Waals surface area contributed by atoms with Crippen LogP contribution < -0.4 is 4.90 Å². The van der Waals surface area contributed by atoms with Gasteiger partial charge in [-0.1, -0.05) is 13.8 Å². The SMILES string of the molecule is CC.CC(=O)OCCN(C(C)=O)c1cc(C)c(C)c(C)c1. The van der Waals surface area contributed by atoms with Gasteiger partial charge in [0.1, 0.15) is 6.61 Å². The molecule has 21 heavy (non-hydrogen) atoms.